The zero-order valence-electron chi connectivity index (χ0n) is 9.74. The average molecular weight is 193 g/mol. The highest BCUT2D eigenvalue weighted by Crippen LogP contribution is 2.37. The van der Waals surface area contributed by atoms with E-state index in [2.05, 4.69) is 38.1 Å². The van der Waals surface area contributed by atoms with E-state index in [1.165, 1.54) is 19.3 Å². The highest BCUT2D eigenvalue weighted by atomic mass is 14.7. The van der Waals surface area contributed by atoms with Crippen molar-refractivity contribution in [2.24, 2.45) is 22.7 Å². The highest BCUT2D eigenvalue weighted by Gasteiger charge is 2.27. The van der Waals surface area contributed by atoms with Crippen LogP contribution in [0.25, 0.3) is 0 Å². The molecule has 1 aliphatic rings. The summed E-state index contributed by atoms with van der Waals surface area (Å²) >= 11 is 0. The van der Waals surface area contributed by atoms with Crippen LogP contribution in [0.3, 0.4) is 0 Å². The quantitative estimate of drug-likeness (QED) is 0.584. The second-order valence-corrected chi connectivity index (χ2v) is 4.62. The van der Waals surface area contributed by atoms with E-state index >= 15 is 0 Å². The summed E-state index contributed by atoms with van der Waals surface area (Å²) in [5, 5.41) is 0. The second kappa shape index (κ2) is 6.00. The molecule has 0 radical (unpaired) electrons. The van der Waals surface area contributed by atoms with Crippen molar-refractivity contribution in [1.29, 1.82) is 0 Å². The Balaban J connectivity index is 2.18. The molecule has 1 heteroatoms. The van der Waals surface area contributed by atoms with Gasteiger partial charge in [-0.3, -0.25) is 4.99 Å². The number of nitrogens with zero attached hydrogens (tertiary/aromatic N) is 1. The molecule has 80 valence electrons. The lowest BCUT2D eigenvalue weighted by Crippen LogP contribution is -2.25. The third kappa shape index (κ3) is 3.65. The first-order valence-corrected chi connectivity index (χ1v) is 5.92. The summed E-state index contributed by atoms with van der Waals surface area (Å²) in [6, 6.07) is 0. The Morgan fingerprint density at radius 2 is 2.21 bits per heavy atom. The van der Waals surface area contributed by atoms with Gasteiger partial charge in [0.2, 0.25) is 0 Å². The zero-order chi connectivity index (χ0) is 10.4. The van der Waals surface area contributed by atoms with Crippen LogP contribution in [0.4, 0.5) is 0 Å². The van der Waals surface area contributed by atoms with Gasteiger partial charge in [-0.2, -0.15) is 0 Å². The Bertz CT molecular complexity index is 205. The topological polar surface area (TPSA) is 12.4 Å². The number of rotatable bonds is 5. The second-order valence-electron chi connectivity index (χ2n) is 4.62. The van der Waals surface area contributed by atoms with Crippen LogP contribution in [-0.4, -0.2) is 6.21 Å². The maximum atomic E-state index is 4.29. The van der Waals surface area contributed by atoms with Crippen molar-refractivity contribution in [3.8, 4) is 0 Å². The summed E-state index contributed by atoms with van der Waals surface area (Å²) in [6.07, 6.45) is 11.4. The molecule has 0 aromatic heterocycles. The molecule has 0 spiro atoms. The fourth-order valence-corrected chi connectivity index (χ4v) is 1.99. The van der Waals surface area contributed by atoms with Crippen molar-refractivity contribution >= 4 is 6.21 Å². The van der Waals surface area contributed by atoms with Gasteiger partial charge in [0.15, 0.2) is 0 Å². The van der Waals surface area contributed by atoms with Gasteiger partial charge in [0.1, 0.15) is 0 Å². The molecule has 14 heavy (non-hydrogen) atoms. The summed E-state index contributed by atoms with van der Waals surface area (Å²) in [6.45, 7) is 6.77. The van der Waals surface area contributed by atoms with Crippen molar-refractivity contribution in [2.45, 2.75) is 46.5 Å². The Morgan fingerprint density at radius 3 is 2.71 bits per heavy atom. The van der Waals surface area contributed by atoms with Gasteiger partial charge < -0.3 is 0 Å². The third-order valence-corrected chi connectivity index (χ3v) is 3.24. The molecule has 0 aromatic rings. The highest BCUT2D eigenvalue weighted by molar-refractivity contribution is 5.60. The molecule has 0 amide bonds. The molecule has 3 unspecified atom stereocenters. The molecule has 0 N–H and O–H groups in total. The Kier molecular flexibility index (Phi) is 4.92. The van der Waals surface area contributed by atoms with Gasteiger partial charge >= 0.3 is 0 Å². The molecule has 0 bridgehead atoms. The van der Waals surface area contributed by atoms with E-state index in [4.69, 9.17) is 0 Å². The molecule has 0 aliphatic heterocycles. The van der Waals surface area contributed by atoms with Crippen LogP contribution in [-0.2, 0) is 0 Å². The minimum absolute atomic E-state index is 0.643. The number of hydrogen-bond donors (Lipinski definition) is 0. The average Bonchev–Trinajstić information content (AvgIpc) is 2.19. The molecular formula is C13H23N. The molecular weight excluding hydrogens is 170 g/mol. The minimum atomic E-state index is 0.643. The van der Waals surface area contributed by atoms with Gasteiger partial charge in [0.25, 0.3) is 0 Å². The molecule has 1 aliphatic carbocycles. The largest absolute Gasteiger partial charge is 0.269 e. The van der Waals surface area contributed by atoms with E-state index < -0.39 is 0 Å². The van der Waals surface area contributed by atoms with Gasteiger partial charge in [0, 0.05) is 12.4 Å². The van der Waals surface area contributed by atoms with Crippen molar-refractivity contribution in [3.05, 3.63) is 12.3 Å². The van der Waals surface area contributed by atoms with Crippen molar-refractivity contribution < 1.29 is 0 Å². The lowest BCUT2D eigenvalue weighted by Gasteiger charge is -2.35. The van der Waals surface area contributed by atoms with Crippen molar-refractivity contribution in [1.82, 2.24) is 0 Å². The van der Waals surface area contributed by atoms with E-state index in [1.54, 1.807) is 0 Å². The number of allylic oxidation sites excluding steroid dienone is 1. The smallest absolute Gasteiger partial charge is 0.0223 e. The first-order valence-electron chi connectivity index (χ1n) is 5.92. The molecule has 0 aromatic carbocycles. The monoisotopic (exact) mass is 193 g/mol. The third-order valence-electron chi connectivity index (χ3n) is 3.24. The number of aliphatic imine (C=N–C) groups is 1. The van der Waals surface area contributed by atoms with Crippen molar-refractivity contribution in [3.63, 3.8) is 0 Å². The first kappa shape index (κ1) is 11.5. The maximum Gasteiger partial charge on any atom is 0.0223 e. The first-order chi connectivity index (χ1) is 6.74. The van der Waals surface area contributed by atoms with Gasteiger partial charge in [-0.1, -0.05) is 33.3 Å². The van der Waals surface area contributed by atoms with Crippen LogP contribution in [0.15, 0.2) is 17.3 Å². The molecule has 1 saturated carbocycles. The van der Waals surface area contributed by atoms with Crippen molar-refractivity contribution in [2.75, 3.05) is 0 Å². The summed E-state index contributed by atoms with van der Waals surface area (Å²) in [7, 11) is 0. The Labute approximate surface area is 88.3 Å². The minimum Gasteiger partial charge on any atom is -0.269 e. The molecule has 0 heterocycles. The van der Waals surface area contributed by atoms with Gasteiger partial charge in [-0.05, 0) is 37.0 Å². The molecule has 1 rings (SSSR count). The lowest BCUT2D eigenvalue weighted by atomic mass is 9.71. The Morgan fingerprint density at radius 1 is 1.43 bits per heavy atom. The molecule has 1 nitrogen and oxygen atoms in total. The predicted octanol–water partition coefficient (Wildman–Crippen LogP) is 4.05. The summed E-state index contributed by atoms with van der Waals surface area (Å²) in [5.41, 5.74) is 0. The zero-order valence-corrected chi connectivity index (χ0v) is 9.74. The predicted molar refractivity (Wildman–Crippen MR) is 63.6 cm³/mol. The maximum absolute atomic E-state index is 4.29. The van der Waals surface area contributed by atoms with Crippen LogP contribution >= 0.6 is 0 Å². The fourth-order valence-electron chi connectivity index (χ4n) is 1.99. The van der Waals surface area contributed by atoms with E-state index in [9.17, 15) is 0 Å². The van der Waals surface area contributed by atoms with Gasteiger partial charge in [0.05, 0.1) is 0 Å². The summed E-state index contributed by atoms with van der Waals surface area (Å²) in [4.78, 5) is 4.29. The van der Waals surface area contributed by atoms with Gasteiger partial charge in [-0.25, -0.2) is 0 Å². The van der Waals surface area contributed by atoms with Crippen LogP contribution in [0.1, 0.15) is 46.5 Å². The van der Waals surface area contributed by atoms with Crippen LogP contribution in [0.5, 0.6) is 0 Å². The van der Waals surface area contributed by atoms with E-state index in [0.29, 0.717) is 5.92 Å². The van der Waals surface area contributed by atoms with Gasteiger partial charge in [-0.15, -0.1) is 0 Å². The standard InChI is InChI=1S/C13H23N/c1-4-5-8-14-10-11(2)9-13-7-6-12(13)3/h5,8,10-13H,4,6-7,9H2,1-3H3/b8-5+,14-10?. The number of hydrogen-bond acceptors (Lipinski definition) is 1. The molecule has 3 atom stereocenters. The summed E-state index contributed by atoms with van der Waals surface area (Å²) < 4.78 is 0. The Hall–Kier alpha value is -0.590. The van der Waals surface area contributed by atoms with E-state index in [1.807, 2.05) is 6.20 Å². The SMILES string of the molecule is CC/C=C/N=CC(C)CC1CCC1C. The molecule has 0 saturated heterocycles. The van der Waals surface area contributed by atoms with Crippen LogP contribution < -0.4 is 0 Å². The lowest BCUT2D eigenvalue weighted by molar-refractivity contribution is 0.174. The van der Waals surface area contributed by atoms with Crippen LogP contribution in [0.2, 0.25) is 0 Å². The van der Waals surface area contributed by atoms with Crippen LogP contribution in [0, 0.1) is 17.8 Å². The van der Waals surface area contributed by atoms with E-state index in [-0.39, 0.29) is 0 Å². The fraction of sp³-hybridized carbons (Fsp3) is 0.769. The normalized spacial score (nSPS) is 29.6. The summed E-state index contributed by atoms with van der Waals surface area (Å²) in [5.74, 6) is 2.56. The van der Waals surface area contributed by atoms with E-state index in [0.717, 1.165) is 18.3 Å². The molecule has 1 fully saturated rings.